The molecule has 0 aromatic rings. The van der Waals surface area contributed by atoms with E-state index in [1.807, 2.05) is 21.1 Å². The van der Waals surface area contributed by atoms with Crippen LogP contribution in [0.3, 0.4) is 0 Å². The first kappa shape index (κ1) is 44.0. The zero-order valence-electron chi connectivity index (χ0n) is 29.8. The van der Waals surface area contributed by atoms with E-state index in [0.29, 0.717) is 17.4 Å². The van der Waals surface area contributed by atoms with Gasteiger partial charge < -0.3 is 27.9 Å². The van der Waals surface area contributed by atoms with Crippen LogP contribution in [0.15, 0.2) is 0 Å². The van der Waals surface area contributed by atoms with Crippen molar-refractivity contribution in [2.45, 2.75) is 168 Å². The Morgan fingerprint density at radius 3 is 1.42 bits per heavy atom. The Kier molecular flexibility index (Phi) is 28.5. The fourth-order valence-electron chi connectivity index (χ4n) is 4.95. The SMILES string of the molecule is CCCCCCCCCCCCCCC(=O)OCC(COP(=O)([O-])OCC[N+](C)(C)C)OC(=O)CCCCCCCCCCC. The van der Waals surface area contributed by atoms with Crippen molar-refractivity contribution in [3.05, 3.63) is 0 Å². The first-order valence-corrected chi connectivity index (χ1v) is 19.7. The molecule has 0 saturated carbocycles. The number of hydrogen-bond donors (Lipinski definition) is 0. The third kappa shape index (κ3) is 32.7. The second-order valence-corrected chi connectivity index (χ2v) is 15.0. The summed E-state index contributed by atoms with van der Waals surface area (Å²) in [5.74, 6) is -0.832. The number of carbonyl (C=O) groups is 2. The summed E-state index contributed by atoms with van der Waals surface area (Å²) in [4.78, 5) is 37.1. The van der Waals surface area contributed by atoms with Crippen molar-refractivity contribution in [3.8, 4) is 0 Å². The van der Waals surface area contributed by atoms with Gasteiger partial charge in [-0.3, -0.25) is 14.2 Å². The number of phosphoric ester groups is 1. The first-order valence-electron chi connectivity index (χ1n) is 18.2. The summed E-state index contributed by atoms with van der Waals surface area (Å²) in [6, 6.07) is 0. The lowest BCUT2D eigenvalue weighted by Crippen LogP contribution is -2.37. The van der Waals surface area contributed by atoms with E-state index in [-0.39, 0.29) is 32.0 Å². The van der Waals surface area contributed by atoms with Gasteiger partial charge in [-0.2, -0.15) is 0 Å². The molecule has 0 fully saturated rings. The fourth-order valence-corrected chi connectivity index (χ4v) is 5.68. The maximum Gasteiger partial charge on any atom is 0.306 e. The molecule has 45 heavy (non-hydrogen) atoms. The fraction of sp³-hybridized carbons (Fsp3) is 0.943. The normalized spacial score (nSPS) is 13.8. The molecule has 0 spiro atoms. The molecule has 0 rings (SSSR count). The topological polar surface area (TPSA) is 111 Å². The van der Waals surface area contributed by atoms with Gasteiger partial charge in [-0.15, -0.1) is 0 Å². The van der Waals surface area contributed by atoms with E-state index in [0.717, 1.165) is 38.5 Å². The highest BCUT2D eigenvalue weighted by molar-refractivity contribution is 7.45. The van der Waals surface area contributed by atoms with Crippen LogP contribution in [0.1, 0.15) is 162 Å². The van der Waals surface area contributed by atoms with Gasteiger partial charge in [-0.1, -0.05) is 136 Å². The summed E-state index contributed by atoms with van der Waals surface area (Å²) in [6.07, 6.45) is 24.2. The average molecular weight is 664 g/mol. The summed E-state index contributed by atoms with van der Waals surface area (Å²) >= 11 is 0. The largest absolute Gasteiger partial charge is 0.756 e. The minimum atomic E-state index is -4.60. The van der Waals surface area contributed by atoms with Crippen LogP contribution in [0.25, 0.3) is 0 Å². The number of quaternary nitrogens is 1. The van der Waals surface area contributed by atoms with E-state index < -0.39 is 26.5 Å². The number of hydrogen-bond acceptors (Lipinski definition) is 8. The van der Waals surface area contributed by atoms with Crippen molar-refractivity contribution in [1.82, 2.24) is 0 Å². The van der Waals surface area contributed by atoms with Crippen molar-refractivity contribution in [2.75, 3.05) is 47.5 Å². The van der Waals surface area contributed by atoms with E-state index in [9.17, 15) is 19.0 Å². The molecule has 268 valence electrons. The van der Waals surface area contributed by atoms with Crippen molar-refractivity contribution in [1.29, 1.82) is 0 Å². The van der Waals surface area contributed by atoms with Gasteiger partial charge in [0.1, 0.15) is 19.8 Å². The Labute approximate surface area is 276 Å². The molecule has 0 aromatic carbocycles. The second kappa shape index (κ2) is 29.2. The van der Waals surface area contributed by atoms with Crippen molar-refractivity contribution >= 4 is 19.8 Å². The number of carbonyl (C=O) groups excluding carboxylic acids is 2. The molecule has 0 heterocycles. The van der Waals surface area contributed by atoms with E-state index in [1.165, 1.54) is 89.9 Å². The highest BCUT2D eigenvalue weighted by Gasteiger charge is 2.21. The average Bonchev–Trinajstić information content (AvgIpc) is 2.97. The molecule has 0 saturated heterocycles. The maximum atomic E-state index is 12.5. The van der Waals surface area contributed by atoms with E-state index in [1.54, 1.807) is 0 Å². The lowest BCUT2D eigenvalue weighted by Gasteiger charge is -2.28. The van der Waals surface area contributed by atoms with Crippen LogP contribution >= 0.6 is 7.82 Å². The Balaban J connectivity index is 4.43. The van der Waals surface area contributed by atoms with Gasteiger partial charge in [0.2, 0.25) is 0 Å². The number of likely N-dealkylation sites (N-methyl/N-ethyl adjacent to an activating group) is 1. The van der Waals surface area contributed by atoms with E-state index >= 15 is 0 Å². The van der Waals surface area contributed by atoms with Crippen LogP contribution in [-0.2, 0) is 32.7 Å². The Morgan fingerprint density at radius 2 is 1.00 bits per heavy atom. The molecule has 0 bridgehead atoms. The number of rotatable bonds is 33. The third-order valence-corrected chi connectivity index (χ3v) is 8.84. The minimum Gasteiger partial charge on any atom is -0.756 e. The third-order valence-electron chi connectivity index (χ3n) is 7.88. The summed E-state index contributed by atoms with van der Waals surface area (Å²) in [7, 11) is 1.17. The number of ether oxygens (including phenoxy) is 2. The minimum absolute atomic E-state index is 0.0264. The van der Waals surface area contributed by atoms with E-state index in [2.05, 4.69) is 13.8 Å². The predicted molar refractivity (Wildman–Crippen MR) is 181 cm³/mol. The van der Waals surface area contributed by atoms with Crippen LogP contribution in [0.2, 0.25) is 0 Å². The summed E-state index contributed by atoms with van der Waals surface area (Å²) in [5, 5.41) is 0. The Bertz CT molecular complexity index is 758. The highest BCUT2D eigenvalue weighted by atomic mass is 31.2. The van der Waals surface area contributed by atoms with Crippen LogP contribution < -0.4 is 4.89 Å². The molecule has 0 radical (unpaired) electrons. The van der Waals surface area contributed by atoms with Crippen molar-refractivity contribution in [2.24, 2.45) is 0 Å². The van der Waals surface area contributed by atoms with Crippen molar-refractivity contribution in [3.63, 3.8) is 0 Å². The lowest BCUT2D eigenvalue weighted by molar-refractivity contribution is -0.870. The van der Waals surface area contributed by atoms with E-state index in [4.69, 9.17) is 18.5 Å². The van der Waals surface area contributed by atoms with Gasteiger partial charge in [-0.25, -0.2) is 0 Å². The molecule has 2 atom stereocenters. The molecular weight excluding hydrogens is 593 g/mol. The smallest absolute Gasteiger partial charge is 0.306 e. The molecule has 2 unspecified atom stereocenters. The highest BCUT2D eigenvalue weighted by Crippen LogP contribution is 2.38. The molecule has 0 aliphatic carbocycles. The summed E-state index contributed by atoms with van der Waals surface area (Å²) in [6.45, 7) is 4.19. The molecule has 0 N–H and O–H groups in total. The second-order valence-electron chi connectivity index (χ2n) is 13.6. The first-order chi connectivity index (χ1) is 21.5. The van der Waals surface area contributed by atoms with Gasteiger partial charge in [-0.05, 0) is 12.8 Å². The monoisotopic (exact) mass is 663 g/mol. The molecule has 9 nitrogen and oxygen atoms in total. The lowest BCUT2D eigenvalue weighted by atomic mass is 10.0. The Hall–Kier alpha value is -0.990. The number of phosphoric acid groups is 1. The van der Waals surface area contributed by atoms with Crippen LogP contribution in [0.4, 0.5) is 0 Å². The van der Waals surface area contributed by atoms with Crippen LogP contribution in [-0.4, -0.2) is 70.0 Å². The quantitative estimate of drug-likeness (QED) is 0.0297. The van der Waals surface area contributed by atoms with Crippen LogP contribution in [0.5, 0.6) is 0 Å². The number of esters is 2. The molecular formula is C35H70NO8P. The van der Waals surface area contributed by atoms with Gasteiger partial charge in [0.05, 0.1) is 27.7 Å². The molecule has 0 aromatic heterocycles. The Morgan fingerprint density at radius 1 is 0.600 bits per heavy atom. The number of unbranched alkanes of at least 4 members (excludes halogenated alkanes) is 19. The molecule has 0 amide bonds. The van der Waals surface area contributed by atoms with Gasteiger partial charge in [0.25, 0.3) is 7.82 Å². The number of nitrogens with zero attached hydrogens (tertiary/aromatic N) is 1. The summed E-state index contributed by atoms with van der Waals surface area (Å²) in [5.41, 5.74) is 0. The maximum absolute atomic E-state index is 12.5. The van der Waals surface area contributed by atoms with Gasteiger partial charge in [0, 0.05) is 12.8 Å². The predicted octanol–water partition coefficient (Wildman–Crippen LogP) is 8.66. The summed E-state index contributed by atoms with van der Waals surface area (Å²) < 4.78 is 33.6. The standard InChI is InChI=1S/C35H70NO8P/c1-6-8-10-12-14-16-17-18-20-21-23-25-27-34(37)41-31-33(32-43-45(39,40)42-30-29-36(3,4)5)44-35(38)28-26-24-22-19-15-13-11-9-7-2/h33H,6-32H2,1-5H3. The van der Waals surface area contributed by atoms with Crippen molar-refractivity contribution < 1.29 is 42.1 Å². The molecule has 0 aliphatic heterocycles. The van der Waals surface area contributed by atoms with Crippen LogP contribution in [0, 0.1) is 0 Å². The van der Waals surface area contributed by atoms with Gasteiger partial charge >= 0.3 is 11.9 Å². The molecule has 0 aliphatic rings. The van der Waals surface area contributed by atoms with Gasteiger partial charge in [0.15, 0.2) is 6.10 Å². The zero-order chi connectivity index (χ0) is 33.7. The zero-order valence-corrected chi connectivity index (χ0v) is 30.7. The molecule has 10 heteroatoms.